The second-order valence-corrected chi connectivity index (χ2v) is 7.21. The van der Waals surface area contributed by atoms with E-state index in [4.69, 9.17) is 0 Å². The highest BCUT2D eigenvalue weighted by Gasteiger charge is 2.23. The molecule has 16 heavy (non-hydrogen) atoms. The van der Waals surface area contributed by atoms with Gasteiger partial charge in [-0.1, -0.05) is 19.8 Å². The van der Waals surface area contributed by atoms with Crippen LogP contribution in [0.15, 0.2) is 0 Å². The summed E-state index contributed by atoms with van der Waals surface area (Å²) < 4.78 is 22.9. The molecule has 0 aliphatic heterocycles. The summed E-state index contributed by atoms with van der Waals surface area (Å²) in [7, 11) is -2.86. The van der Waals surface area contributed by atoms with Gasteiger partial charge in [-0.05, 0) is 38.0 Å². The first kappa shape index (κ1) is 14.0. The Hall–Kier alpha value is -0.0900. The highest BCUT2D eigenvalue weighted by Crippen LogP contribution is 2.29. The molecule has 96 valence electrons. The summed E-state index contributed by atoms with van der Waals surface area (Å²) in [5.74, 6) is 0.950. The van der Waals surface area contributed by atoms with Gasteiger partial charge in [0, 0.05) is 5.75 Å². The molecule has 1 unspecified atom stereocenters. The van der Waals surface area contributed by atoms with Gasteiger partial charge in [-0.2, -0.15) is 0 Å². The van der Waals surface area contributed by atoms with E-state index in [1.807, 2.05) is 6.92 Å². The van der Waals surface area contributed by atoms with Crippen LogP contribution >= 0.6 is 0 Å². The summed E-state index contributed by atoms with van der Waals surface area (Å²) in [5.41, 5.74) is 0. The van der Waals surface area contributed by atoms with Crippen LogP contribution in [0.4, 0.5) is 0 Å². The molecule has 1 aliphatic rings. The van der Waals surface area contributed by atoms with Crippen LogP contribution in [-0.2, 0) is 9.84 Å². The molecule has 1 rings (SSSR count). The lowest BCUT2D eigenvalue weighted by molar-refractivity contribution is 0.101. The minimum atomic E-state index is -2.86. The Balaban J connectivity index is 2.19. The smallest absolute Gasteiger partial charge is 0.150 e. The van der Waals surface area contributed by atoms with E-state index >= 15 is 0 Å². The summed E-state index contributed by atoms with van der Waals surface area (Å²) in [6.07, 6.45) is 6.33. The molecular formula is C12H24O3S. The molecule has 1 aliphatic carbocycles. The lowest BCUT2D eigenvalue weighted by atomic mass is 9.97. The zero-order chi connectivity index (χ0) is 12.0. The number of hydrogen-bond donors (Lipinski definition) is 1. The molecule has 0 aromatic rings. The number of aliphatic hydroxyl groups excluding tert-OH is 1. The summed E-state index contributed by atoms with van der Waals surface area (Å²) in [6.45, 7) is 1.88. The summed E-state index contributed by atoms with van der Waals surface area (Å²) in [4.78, 5) is 0. The fraction of sp³-hybridized carbons (Fsp3) is 1.00. The van der Waals surface area contributed by atoms with Gasteiger partial charge in [0.25, 0.3) is 0 Å². The number of hydrogen-bond acceptors (Lipinski definition) is 3. The minimum absolute atomic E-state index is 0.241. The molecule has 1 fully saturated rings. The monoisotopic (exact) mass is 248 g/mol. The van der Waals surface area contributed by atoms with Crippen molar-refractivity contribution in [2.45, 2.75) is 58.0 Å². The largest absolute Gasteiger partial charge is 0.393 e. The van der Waals surface area contributed by atoms with Gasteiger partial charge in [0.1, 0.15) is 9.84 Å². The highest BCUT2D eigenvalue weighted by molar-refractivity contribution is 7.91. The molecule has 1 N–H and O–H groups in total. The Kier molecular flexibility index (Phi) is 5.76. The average Bonchev–Trinajstić information content (AvgIpc) is 2.69. The van der Waals surface area contributed by atoms with Crippen molar-refractivity contribution >= 4 is 9.84 Å². The molecule has 0 spiro atoms. The van der Waals surface area contributed by atoms with E-state index in [0.29, 0.717) is 25.2 Å². The van der Waals surface area contributed by atoms with Gasteiger partial charge in [0.2, 0.25) is 0 Å². The molecule has 1 saturated carbocycles. The van der Waals surface area contributed by atoms with Crippen LogP contribution in [0.3, 0.4) is 0 Å². The van der Waals surface area contributed by atoms with E-state index in [2.05, 4.69) is 0 Å². The molecule has 0 bridgehead atoms. The Morgan fingerprint density at radius 3 is 2.44 bits per heavy atom. The average molecular weight is 248 g/mol. The minimum Gasteiger partial charge on any atom is -0.393 e. The van der Waals surface area contributed by atoms with Crippen molar-refractivity contribution in [3.63, 3.8) is 0 Å². The second kappa shape index (κ2) is 6.60. The molecule has 0 aromatic heterocycles. The summed E-state index contributed by atoms with van der Waals surface area (Å²) in [6, 6.07) is 0. The van der Waals surface area contributed by atoms with Crippen molar-refractivity contribution < 1.29 is 13.5 Å². The van der Waals surface area contributed by atoms with Gasteiger partial charge in [0.15, 0.2) is 0 Å². The third kappa shape index (κ3) is 4.83. The Morgan fingerprint density at radius 2 is 1.88 bits per heavy atom. The molecule has 3 nitrogen and oxygen atoms in total. The molecular weight excluding hydrogens is 224 g/mol. The topological polar surface area (TPSA) is 54.4 Å². The quantitative estimate of drug-likeness (QED) is 0.751. The molecule has 0 heterocycles. The number of aliphatic hydroxyl groups is 1. The zero-order valence-electron chi connectivity index (χ0n) is 10.2. The lowest BCUT2D eigenvalue weighted by Gasteiger charge is -2.17. The van der Waals surface area contributed by atoms with Crippen LogP contribution in [0.1, 0.15) is 51.9 Å². The van der Waals surface area contributed by atoms with Gasteiger partial charge in [-0.25, -0.2) is 8.42 Å². The normalized spacial score (nSPS) is 20.1. The van der Waals surface area contributed by atoms with Crippen molar-refractivity contribution in [2.75, 3.05) is 11.5 Å². The van der Waals surface area contributed by atoms with Crippen molar-refractivity contribution in [1.82, 2.24) is 0 Å². The van der Waals surface area contributed by atoms with Crippen molar-refractivity contribution in [2.24, 2.45) is 5.92 Å². The summed E-state index contributed by atoms with van der Waals surface area (Å²) in [5, 5.41) is 9.88. The first-order valence-corrected chi connectivity index (χ1v) is 8.26. The Morgan fingerprint density at radius 1 is 1.25 bits per heavy atom. The predicted molar refractivity (Wildman–Crippen MR) is 66.1 cm³/mol. The van der Waals surface area contributed by atoms with E-state index in [0.717, 1.165) is 12.8 Å². The predicted octanol–water partition coefficient (Wildman–Crippen LogP) is 2.14. The third-order valence-corrected chi connectivity index (χ3v) is 5.36. The van der Waals surface area contributed by atoms with Crippen molar-refractivity contribution in [3.8, 4) is 0 Å². The zero-order valence-corrected chi connectivity index (χ0v) is 11.0. The molecule has 0 amide bonds. The van der Waals surface area contributed by atoms with E-state index < -0.39 is 9.84 Å². The fourth-order valence-electron chi connectivity index (χ4n) is 2.50. The Bertz CT molecular complexity index is 279. The van der Waals surface area contributed by atoms with E-state index in [-0.39, 0.29) is 17.6 Å². The Labute approximate surface area is 99.2 Å². The van der Waals surface area contributed by atoms with Crippen LogP contribution in [0, 0.1) is 5.92 Å². The molecule has 1 atom stereocenters. The van der Waals surface area contributed by atoms with E-state index in [9.17, 15) is 13.5 Å². The van der Waals surface area contributed by atoms with Crippen LogP contribution in [0.2, 0.25) is 0 Å². The lowest BCUT2D eigenvalue weighted by Crippen LogP contribution is -2.19. The maximum absolute atomic E-state index is 11.5. The van der Waals surface area contributed by atoms with Crippen LogP contribution in [0.5, 0.6) is 0 Å². The van der Waals surface area contributed by atoms with Crippen molar-refractivity contribution in [1.29, 1.82) is 0 Å². The SMILES string of the molecule is CCCS(=O)(=O)CCCC(O)C1CCCC1. The molecule has 4 heteroatoms. The van der Waals surface area contributed by atoms with Crippen LogP contribution in [-0.4, -0.2) is 31.1 Å². The van der Waals surface area contributed by atoms with Gasteiger partial charge in [-0.3, -0.25) is 0 Å². The van der Waals surface area contributed by atoms with E-state index in [1.54, 1.807) is 0 Å². The number of rotatable bonds is 7. The van der Waals surface area contributed by atoms with Crippen molar-refractivity contribution in [3.05, 3.63) is 0 Å². The maximum atomic E-state index is 11.5. The van der Waals surface area contributed by atoms with Gasteiger partial charge in [-0.15, -0.1) is 0 Å². The molecule has 0 saturated heterocycles. The van der Waals surface area contributed by atoms with Gasteiger partial charge < -0.3 is 5.11 Å². The van der Waals surface area contributed by atoms with Gasteiger partial charge in [0.05, 0.1) is 11.9 Å². The summed E-state index contributed by atoms with van der Waals surface area (Å²) >= 11 is 0. The molecule has 0 radical (unpaired) electrons. The molecule has 0 aromatic carbocycles. The maximum Gasteiger partial charge on any atom is 0.150 e. The number of sulfone groups is 1. The van der Waals surface area contributed by atoms with Crippen LogP contribution < -0.4 is 0 Å². The first-order chi connectivity index (χ1) is 7.55. The highest BCUT2D eigenvalue weighted by atomic mass is 32.2. The standard InChI is InChI=1S/C12H24O3S/c1-2-9-16(14,15)10-5-8-12(13)11-6-3-4-7-11/h11-13H,2-10H2,1H3. The fourth-order valence-corrected chi connectivity index (χ4v) is 3.94. The van der Waals surface area contributed by atoms with E-state index in [1.165, 1.54) is 12.8 Å². The first-order valence-electron chi connectivity index (χ1n) is 6.43. The second-order valence-electron chi connectivity index (χ2n) is 4.91. The third-order valence-electron chi connectivity index (χ3n) is 3.41. The van der Waals surface area contributed by atoms with Gasteiger partial charge >= 0.3 is 0 Å². The van der Waals surface area contributed by atoms with Crippen LogP contribution in [0.25, 0.3) is 0 Å².